The van der Waals surface area contributed by atoms with Crippen LogP contribution in [0.15, 0.2) is 0 Å². The number of ketones is 1. The van der Waals surface area contributed by atoms with E-state index >= 15 is 0 Å². The molecule has 0 saturated carbocycles. The van der Waals surface area contributed by atoms with Gasteiger partial charge < -0.3 is 5.11 Å². The van der Waals surface area contributed by atoms with E-state index in [1.54, 1.807) is 0 Å². The maximum Gasteiger partial charge on any atom is 0.132 e. The van der Waals surface area contributed by atoms with Crippen molar-refractivity contribution >= 4 is 5.78 Å². The summed E-state index contributed by atoms with van der Waals surface area (Å²) in [7, 11) is 0. The van der Waals surface area contributed by atoms with Gasteiger partial charge in [-0.25, -0.2) is 0 Å². The zero-order valence-electron chi connectivity index (χ0n) is 18.8. The van der Waals surface area contributed by atoms with Gasteiger partial charge in [-0.1, -0.05) is 110 Å². The number of carbonyl (C=O) groups is 1. The Balaban J connectivity index is 3.30. The average molecular weight is 383 g/mol. The molecule has 2 heteroatoms. The first-order chi connectivity index (χ1) is 13.2. The number of hydrogen-bond acceptors (Lipinski definition) is 2. The Bertz CT molecular complexity index is 301. The highest BCUT2D eigenvalue weighted by atomic mass is 16.3. The van der Waals surface area contributed by atoms with Crippen LogP contribution in [0.4, 0.5) is 0 Å². The van der Waals surface area contributed by atoms with Gasteiger partial charge in [0.2, 0.25) is 0 Å². The molecule has 0 saturated heterocycles. The molecule has 0 aromatic rings. The van der Waals surface area contributed by atoms with E-state index in [9.17, 15) is 9.90 Å². The summed E-state index contributed by atoms with van der Waals surface area (Å²) < 4.78 is 0. The monoisotopic (exact) mass is 382 g/mol. The summed E-state index contributed by atoms with van der Waals surface area (Å²) in [5.74, 6) is 0.403. The lowest BCUT2D eigenvalue weighted by Gasteiger charge is -2.10. The first kappa shape index (κ1) is 26.6. The van der Waals surface area contributed by atoms with E-state index in [0.717, 1.165) is 38.5 Å². The maximum absolute atomic E-state index is 11.9. The van der Waals surface area contributed by atoms with Gasteiger partial charge in [-0.3, -0.25) is 4.79 Å². The molecule has 0 heterocycles. The van der Waals surface area contributed by atoms with Crippen LogP contribution in [0, 0.1) is 0 Å². The van der Waals surface area contributed by atoms with E-state index in [-0.39, 0.29) is 6.10 Å². The molecule has 0 aliphatic heterocycles. The van der Waals surface area contributed by atoms with Crippen LogP contribution >= 0.6 is 0 Å². The van der Waals surface area contributed by atoms with Crippen molar-refractivity contribution < 1.29 is 9.90 Å². The van der Waals surface area contributed by atoms with Crippen molar-refractivity contribution in [2.45, 2.75) is 155 Å². The van der Waals surface area contributed by atoms with E-state index in [2.05, 4.69) is 13.8 Å². The number of Topliss-reactive ketones (excluding diaryl/α,β-unsaturated/α-hetero) is 1. The minimum Gasteiger partial charge on any atom is -0.393 e. The molecule has 0 rings (SSSR count). The molecule has 1 N–H and O–H groups in total. The molecule has 27 heavy (non-hydrogen) atoms. The van der Waals surface area contributed by atoms with E-state index in [1.165, 1.54) is 89.9 Å². The first-order valence-corrected chi connectivity index (χ1v) is 12.4. The van der Waals surface area contributed by atoms with Crippen molar-refractivity contribution in [2.75, 3.05) is 0 Å². The van der Waals surface area contributed by atoms with Gasteiger partial charge in [-0.15, -0.1) is 0 Å². The second kappa shape index (κ2) is 21.9. The van der Waals surface area contributed by atoms with Gasteiger partial charge in [0, 0.05) is 12.8 Å². The van der Waals surface area contributed by atoms with Crippen LogP contribution in [0.5, 0.6) is 0 Å². The highest BCUT2D eigenvalue weighted by molar-refractivity contribution is 5.78. The Kier molecular flexibility index (Phi) is 21.6. The fraction of sp³-hybridized carbons (Fsp3) is 0.960. The predicted octanol–water partition coefficient (Wildman–Crippen LogP) is 8.15. The Morgan fingerprint density at radius 1 is 0.556 bits per heavy atom. The van der Waals surface area contributed by atoms with Crippen molar-refractivity contribution in [1.82, 2.24) is 0 Å². The second-order valence-electron chi connectivity index (χ2n) is 8.57. The number of carbonyl (C=O) groups excluding carboxylic acids is 1. The lowest BCUT2D eigenvalue weighted by atomic mass is 10.0. The topological polar surface area (TPSA) is 37.3 Å². The van der Waals surface area contributed by atoms with Crippen molar-refractivity contribution in [1.29, 1.82) is 0 Å². The van der Waals surface area contributed by atoms with Gasteiger partial charge in [-0.2, -0.15) is 0 Å². The summed E-state index contributed by atoms with van der Waals surface area (Å²) in [6.07, 6.45) is 24.6. The summed E-state index contributed by atoms with van der Waals surface area (Å²) in [5, 5.41) is 10.1. The zero-order chi connectivity index (χ0) is 20.0. The third kappa shape index (κ3) is 21.8. The van der Waals surface area contributed by atoms with E-state index in [1.807, 2.05) is 0 Å². The van der Waals surface area contributed by atoms with Gasteiger partial charge in [-0.05, 0) is 25.7 Å². The SMILES string of the molecule is CCCCCCCCCCC(=O)CCCC(O)CCCCCCCCCC. The predicted molar refractivity (Wildman–Crippen MR) is 119 cm³/mol. The molecule has 1 atom stereocenters. The lowest BCUT2D eigenvalue weighted by Crippen LogP contribution is -2.07. The van der Waals surface area contributed by atoms with Crippen LogP contribution in [0.3, 0.4) is 0 Å². The minimum atomic E-state index is -0.194. The van der Waals surface area contributed by atoms with E-state index < -0.39 is 0 Å². The molecule has 0 aromatic heterocycles. The summed E-state index contributed by atoms with van der Waals surface area (Å²) in [6, 6.07) is 0. The highest BCUT2D eigenvalue weighted by Crippen LogP contribution is 2.14. The fourth-order valence-corrected chi connectivity index (χ4v) is 3.77. The number of rotatable bonds is 22. The van der Waals surface area contributed by atoms with Crippen LogP contribution in [-0.4, -0.2) is 17.0 Å². The standard InChI is InChI=1S/C25H50O2/c1-3-5-7-9-11-13-15-17-20-24(26)22-19-23-25(27)21-18-16-14-12-10-8-6-4-2/h24,26H,3-23H2,1-2H3. The molecule has 1 unspecified atom stereocenters. The Morgan fingerprint density at radius 3 is 1.44 bits per heavy atom. The first-order valence-electron chi connectivity index (χ1n) is 12.4. The van der Waals surface area contributed by atoms with Crippen molar-refractivity contribution in [3.8, 4) is 0 Å². The zero-order valence-corrected chi connectivity index (χ0v) is 18.8. The van der Waals surface area contributed by atoms with Crippen molar-refractivity contribution in [3.05, 3.63) is 0 Å². The quantitative estimate of drug-likeness (QED) is 0.192. The number of hydrogen-bond donors (Lipinski definition) is 1. The van der Waals surface area contributed by atoms with Gasteiger partial charge in [0.25, 0.3) is 0 Å². The van der Waals surface area contributed by atoms with Crippen molar-refractivity contribution in [3.63, 3.8) is 0 Å². The molecule has 0 bridgehead atoms. The van der Waals surface area contributed by atoms with Crippen LogP contribution in [0.1, 0.15) is 149 Å². The summed E-state index contributed by atoms with van der Waals surface area (Å²) in [5.41, 5.74) is 0. The molecule has 0 aliphatic rings. The molecule has 0 aliphatic carbocycles. The molecule has 0 amide bonds. The van der Waals surface area contributed by atoms with E-state index in [0.29, 0.717) is 12.2 Å². The van der Waals surface area contributed by atoms with Crippen LogP contribution in [0.25, 0.3) is 0 Å². The number of aliphatic hydroxyl groups excluding tert-OH is 1. The summed E-state index contributed by atoms with van der Waals surface area (Å²) in [6.45, 7) is 4.51. The molecule has 0 aromatic carbocycles. The van der Waals surface area contributed by atoms with Crippen molar-refractivity contribution in [2.24, 2.45) is 0 Å². The molecular formula is C25H50O2. The molecule has 2 nitrogen and oxygen atoms in total. The van der Waals surface area contributed by atoms with Gasteiger partial charge in [0.15, 0.2) is 0 Å². The number of unbranched alkanes of at least 4 members (excludes halogenated alkanes) is 14. The maximum atomic E-state index is 11.9. The second-order valence-corrected chi connectivity index (χ2v) is 8.57. The smallest absolute Gasteiger partial charge is 0.132 e. The summed E-state index contributed by atoms with van der Waals surface area (Å²) in [4.78, 5) is 11.9. The average Bonchev–Trinajstić information content (AvgIpc) is 2.66. The fourth-order valence-electron chi connectivity index (χ4n) is 3.77. The van der Waals surface area contributed by atoms with Crippen LogP contribution < -0.4 is 0 Å². The van der Waals surface area contributed by atoms with E-state index in [4.69, 9.17) is 0 Å². The largest absolute Gasteiger partial charge is 0.393 e. The third-order valence-electron chi connectivity index (χ3n) is 5.69. The van der Waals surface area contributed by atoms with Gasteiger partial charge >= 0.3 is 0 Å². The Morgan fingerprint density at radius 2 is 0.926 bits per heavy atom. The normalized spacial score (nSPS) is 12.4. The molecule has 0 spiro atoms. The number of aliphatic hydroxyl groups is 1. The molecule has 162 valence electrons. The van der Waals surface area contributed by atoms with Crippen LogP contribution in [-0.2, 0) is 4.79 Å². The summed E-state index contributed by atoms with van der Waals surface area (Å²) >= 11 is 0. The Labute approximate surface area is 170 Å². The Hall–Kier alpha value is -0.370. The van der Waals surface area contributed by atoms with Gasteiger partial charge in [0.05, 0.1) is 6.10 Å². The third-order valence-corrected chi connectivity index (χ3v) is 5.69. The molecule has 0 radical (unpaired) electrons. The highest BCUT2D eigenvalue weighted by Gasteiger charge is 2.07. The molecular weight excluding hydrogens is 332 g/mol. The van der Waals surface area contributed by atoms with Gasteiger partial charge in [0.1, 0.15) is 5.78 Å². The minimum absolute atomic E-state index is 0.194. The lowest BCUT2D eigenvalue weighted by molar-refractivity contribution is -0.119. The van der Waals surface area contributed by atoms with Crippen LogP contribution in [0.2, 0.25) is 0 Å². The molecule has 0 fully saturated rings.